The molecule has 1 aromatic carbocycles. The van der Waals surface area contributed by atoms with Gasteiger partial charge in [0.05, 0.1) is 0 Å². The molecule has 0 amide bonds. The van der Waals surface area contributed by atoms with Crippen molar-refractivity contribution >= 4 is 28.3 Å². The Labute approximate surface area is 96.9 Å². The molecule has 2 aromatic rings. The first kappa shape index (κ1) is 10.4. The highest BCUT2D eigenvalue weighted by Gasteiger charge is 2.04. The first-order chi connectivity index (χ1) is 7.25. The largest absolute Gasteiger partial charge is 0.388 e. The fourth-order valence-corrected chi connectivity index (χ4v) is 2.48. The maximum Gasteiger partial charge on any atom is 0.131 e. The third kappa shape index (κ3) is 2.70. The number of benzene rings is 1. The molecule has 0 unspecified atom stereocenters. The van der Waals surface area contributed by atoms with Crippen LogP contribution < -0.4 is 5.73 Å². The van der Waals surface area contributed by atoms with E-state index in [1.807, 2.05) is 0 Å². The summed E-state index contributed by atoms with van der Waals surface area (Å²) in [7, 11) is 0. The Balaban J connectivity index is 1.99. The molecular weight excluding hydrogens is 226 g/mol. The molecule has 0 aliphatic rings. The molecule has 0 fully saturated rings. The second-order valence-electron chi connectivity index (χ2n) is 3.19. The molecule has 2 N–H and O–H groups in total. The summed E-state index contributed by atoms with van der Waals surface area (Å²) in [6, 6.07) is 8.42. The number of hydrogen-bond acceptors (Lipinski definition) is 5. The fourth-order valence-electron chi connectivity index (χ4n) is 1.10. The van der Waals surface area contributed by atoms with Crippen molar-refractivity contribution in [3.8, 4) is 0 Å². The van der Waals surface area contributed by atoms with Crippen LogP contribution in [0.1, 0.15) is 11.3 Å². The number of anilines is 1. The molecule has 1 aromatic heterocycles. The average molecular weight is 237 g/mol. The lowest BCUT2D eigenvalue weighted by molar-refractivity contribution is 1.08. The zero-order valence-electron chi connectivity index (χ0n) is 8.30. The fraction of sp³-hybridized carbons (Fsp3) is 0.200. The summed E-state index contributed by atoms with van der Waals surface area (Å²) < 4.78 is 3.80. The van der Waals surface area contributed by atoms with Crippen molar-refractivity contribution in [2.75, 3.05) is 5.73 Å². The molecular formula is C10H11N3S2. The predicted molar refractivity (Wildman–Crippen MR) is 65.1 cm³/mol. The van der Waals surface area contributed by atoms with Gasteiger partial charge < -0.3 is 5.73 Å². The van der Waals surface area contributed by atoms with E-state index in [-0.39, 0.29) is 0 Å². The first-order valence-corrected chi connectivity index (χ1v) is 6.28. The number of aryl methyl sites for hydroxylation is 1. The maximum absolute atomic E-state index is 5.71. The number of thioether (sulfide) groups is 1. The smallest absolute Gasteiger partial charge is 0.131 e. The maximum atomic E-state index is 5.71. The summed E-state index contributed by atoms with van der Waals surface area (Å²) in [6.45, 7) is 2.08. The normalized spacial score (nSPS) is 10.5. The Morgan fingerprint density at radius 3 is 2.67 bits per heavy atom. The topological polar surface area (TPSA) is 51.8 Å². The molecule has 0 bridgehead atoms. The molecule has 78 valence electrons. The minimum Gasteiger partial charge on any atom is -0.388 e. The summed E-state index contributed by atoms with van der Waals surface area (Å²) in [5.74, 6) is 0.783. The molecule has 0 saturated carbocycles. The third-order valence-electron chi connectivity index (χ3n) is 1.98. The van der Waals surface area contributed by atoms with E-state index in [4.69, 9.17) is 5.73 Å². The number of aromatic nitrogens is 2. The highest BCUT2D eigenvalue weighted by Crippen LogP contribution is 2.25. The molecule has 0 aliphatic heterocycles. The van der Waals surface area contributed by atoms with Gasteiger partial charge in [-0.1, -0.05) is 22.2 Å². The van der Waals surface area contributed by atoms with Crippen LogP contribution in [0.2, 0.25) is 0 Å². The van der Waals surface area contributed by atoms with Crippen LogP contribution in [0.4, 0.5) is 5.00 Å². The minimum absolute atomic E-state index is 0.717. The molecule has 0 atom stereocenters. The second-order valence-corrected chi connectivity index (χ2v) is 5.02. The van der Waals surface area contributed by atoms with Crippen molar-refractivity contribution in [2.45, 2.75) is 17.6 Å². The Hall–Kier alpha value is -1.07. The van der Waals surface area contributed by atoms with Gasteiger partial charge in [-0.2, -0.15) is 0 Å². The van der Waals surface area contributed by atoms with Gasteiger partial charge in [0.25, 0.3) is 0 Å². The lowest BCUT2D eigenvalue weighted by Gasteiger charge is -2.00. The van der Waals surface area contributed by atoms with Crippen molar-refractivity contribution in [3.63, 3.8) is 0 Å². The molecule has 2 rings (SSSR count). The molecule has 3 nitrogen and oxygen atoms in total. The van der Waals surface area contributed by atoms with Gasteiger partial charge in [-0.05, 0) is 19.1 Å². The van der Waals surface area contributed by atoms with Crippen LogP contribution in [-0.4, -0.2) is 9.59 Å². The van der Waals surface area contributed by atoms with E-state index in [0.29, 0.717) is 0 Å². The predicted octanol–water partition coefficient (Wildman–Crippen LogP) is 2.72. The van der Waals surface area contributed by atoms with Crippen LogP contribution in [-0.2, 0) is 5.75 Å². The molecule has 5 heteroatoms. The van der Waals surface area contributed by atoms with Gasteiger partial charge in [-0.25, -0.2) is 0 Å². The van der Waals surface area contributed by atoms with Crippen molar-refractivity contribution < 1.29 is 0 Å². The highest BCUT2D eigenvalue weighted by atomic mass is 32.2. The van der Waals surface area contributed by atoms with E-state index in [1.54, 1.807) is 11.8 Å². The van der Waals surface area contributed by atoms with Crippen LogP contribution in [0.25, 0.3) is 0 Å². The lowest BCUT2D eigenvalue weighted by Crippen LogP contribution is -1.88. The highest BCUT2D eigenvalue weighted by molar-refractivity contribution is 7.98. The van der Waals surface area contributed by atoms with Gasteiger partial charge in [0.2, 0.25) is 0 Å². The van der Waals surface area contributed by atoms with Crippen molar-refractivity contribution in [1.82, 2.24) is 9.59 Å². The molecule has 0 spiro atoms. The zero-order chi connectivity index (χ0) is 10.7. The standard InChI is InChI=1S/C10H11N3S2/c1-7-2-4-8(5-3-7)14-6-9-10(11)15-13-12-9/h2-5H,6,11H2,1H3. The SMILES string of the molecule is Cc1ccc(SCc2nnsc2N)cc1. The van der Waals surface area contributed by atoms with Crippen molar-refractivity contribution in [3.05, 3.63) is 35.5 Å². The van der Waals surface area contributed by atoms with Crippen LogP contribution >= 0.6 is 23.3 Å². The number of hydrogen-bond donors (Lipinski definition) is 1. The molecule has 0 aliphatic carbocycles. The number of nitrogens with two attached hydrogens (primary N) is 1. The van der Waals surface area contributed by atoms with Gasteiger partial charge in [0, 0.05) is 22.2 Å². The Morgan fingerprint density at radius 1 is 1.33 bits per heavy atom. The van der Waals surface area contributed by atoms with Crippen LogP contribution in [0.5, 0.6) is 0 Å². The van der Waals surface area contributed by atoms with E-state index < -0.39 is 0 Å². The second kappa shape index (κ2) is 4.63. The molecule has 0 saturated heterocycles. The van der Waals surface area contributed by atoms with Gasteiger partial charge in [-0.3, -0.25) is 0 Å². The van der Waals surface area contributed by atoms with Gasteiger partial charge in [-0.15, -0.1) is 16.9 Å². The molecule has 0 radical (unpaired) electrons. The number of rotatable bonds is 3. The van der Waals surface area contributed by atoms with Crippen molar-refractivity contribution in [1.29, 1.82) is 0 Å². The first-order valence-electron chi connectivity index (χ1n) is 4.52. The lowest BCUT2D eigenvalue weighted by atomic mass is 10.2. The number of nitrogen functional groups attached to an aromatic ring is 1. The van der Waals surface area contributed by atoms with E-state index >= 15 is 0 Å². The summed E-state index contributed by atoms with van der Waals surface area (Å²) in [6.07, 6.45) is 0. The Morgan fingerprint density at radius 2 is 2.07 bits per heavy atom. The van der Waals surface area contributed by atoms with Gasteiger partial charge in [0.15, 0.2) is 0 Å². The van der Waals surface area contributed by atoms with E-state index in [2.05, 4.69) is 40.8 Å². The van der Waals surface area contributed by atoms with E-state index in [0.717, 1.165) is 16.4 Å². The molecule has 1 heterocycles. The molecule has 15 heavy (non-hydrogen) atoms. The monoisotopic (exact) mass is 237 g/mol. The van der Waals surface area contributed by atoms with Gasteiger partial charge >= 0.3 is 0 Å². The quantitative estimate of drug-likeness (QED) is 0.834. The Bertz CT molecular complexity index is 436. The number of nitrogens with zero attached hydrogens (tertiary/aromatic N) is 2. The zero-order valence-corrected chi connectivity index (χ0v) is 9.94. The van der Waals surface area contributed by atoms with Gasteiger partial charge in [0.1, 0.15) is 10.7 Å². The van der Waals surface area contributed by atoms with Crippen molar-refractivity contribution in [2.24, 2.45) is 0 Å². The third-order valence-corrected chi connectivity index (χ3v) is 3.60. The average Bonchev–Trinajstić information content (AvgIpc) is 2.63. The Kier molecular flexibility index (Phi) is 3.23. The van der Waals surface area contributed by atoms with E-state index in [9.17, 15) is 0 Å². The van der Waals surface area contributed by atoms with Crippen LogP contribution in [0.15, 0.2) is 29.2 Å². The van der Waals surface area contributed by atoms with E-state index in [1.165, 1.54) is 22.0 Å². The minimum atomic E-state index is 0.717. The van der Waals surface area contributed by atoms with Crippen LogP contribution in [0.3, 0.4) is 0 Å². The summed E-state index contributed by atoms with van der Waals surface area (Å²) in [4.78, 5) is 1.23. The summed E-state index contributed by atoms with van der Waals surface area (Å²) >= 11 is 2.97. The van der Waals surface area contributed by atoms with Crippen LogP contribution in [0, 0.1) is 6.92 Å². The summed E-state index contributed by atoms with van der Waals surface area (Å²) in [5, 5.41) is 4.69. The summed E-state index contributed by atoms with van der Waals surface area (Å²) in [5.41, 5.74) is 7.86.